The minimum atomic E-state index is 0.288. The Balaban J connectivity index is 1.66. The summed E-state index contributed by atoms with van der Waals surface area (Å²) < 4.78 is 7.66. The van der Waals surface area contributed by atoms with Crippen molar-refractivity contribution in [3.63, 3.8) is 0 Å². The standard InChI is InChI=1S/C16H16ClN5O/c17-10-15-20-21-16(14-6-7-18-12-19-14)22(15)8-9-23-11-13-4-2-1-3-5-13/h1-7,12H,8-11H2. The highest BCUT2D eigenvalue weighted by atomic mass is 35.5. The normalized spacial score (nSPS) is 10.8. The second-order valence-electron chi connectivity index (χ2n) is 4.86. The summed E-state index contributed by atoms with van der Waals surface area (Å²) in [4.78, 5) is 8.13. The van der Waals surface area contributed by atoms with Crippen LogP contribution in [0, 0.1) is 0 Å². The van der Waals surface area contributed by atoms with Crippen molar-refractivity contribution >= 4 is 11.6 Å². The first kappa shape index (κ1) is 15.6. The molecule has 0 amide bonds. The van der Waals surface area contributed by atoms with Crippen molar-refractivity contribution in [2.24, 2.45) is 0 Å². The molecule has 0 radical (unpaired) electrons. The van der Waals surface area contributed by atoms with Gasteiger partial charge in [0.1, 0.15) is 17.8 Å². The number of ether oxygens (including phenoxy) is 1. The van der Waals surface area contributed by atoms with Crippen LogP contribution in [0.1, 0.15) is 11.4 Å². The van der Waals surface area contributed by atoms with E-state index >= 15 is 0 Å². The molecule has 0 atom stereocenters. The van der Waals surface area contributed by atoms with Gasteiger partial charge in [0.2, 0.25) is 0 Å². The lowest BCUT2D eigenvalue weighted by Crippen LogP contribution is -2.10. The van der Waals surface area contributed by atoms with Crippen molar-refractivity contribution in [2.45, 2.75) is 19.0 Å². The van der Waals surface area contributed by atoms with Crippen LogP contribution in [0.25, 0.3) is 11.5 Å². The van der Waals surface area contributed by atoms with Gasteiger partial charge in [0.15, 0.2) is 5.82 Å². The molecule has 3 rings (SSSR count). The summed E-state index contributed by atoms with van der Waals surface area (Å²) in [6, 6.07) is 11.9. The van der Waals surface area contributed by atoms with Crippen LogP contribution in [-0.2, 0) is 23.8 Å². The van der Waals surface area contributed by atoms with E-state index in [9.17, 15) is 0 Å². The zero-order chi connectivity index (χ0) is 15.9. The van der Waals surface area contributed by atoms with Gasteiger partial charge in [-0.05, 0) is 11.6 Å². The van der Waals surface area contributed by atoms with Crippen molar-refractivity contribution in [3.8, 4) is 11.5 Å². The number of aromatic nitrogens is 5. The first-order chi connectivity index (χ1) is 11.4. The summed E-state index contributed by atoms with van der Waals surface area (Å²) in [5, 5.41) is 8.29. The Bertz CT molecular complexity index is 733. The van der Waals surface area contributed by atoms with E-state index in [1.165, 1.54) is 6.33 Å². The van der Waals surface area contributed by atoms with Crippen LogP contribution < -0.4 is 0 Å². The Labute approximate surface area is 139 Å². The molecule has 0 saturated carbocycles. The molecule has 2 aromatic heterocycles. The zero-order valence-electron chi connectivity index (χ0n) is 12.5. The van der Waals surface area contributed by atoms with Crippen LogP contribution in [0.3, 0.4) is 0 Å². The molecule has 0 aliphatic rings. The molecule has 118 valence electrons. The van der Waals surface area contributed by atoms with Crippen LogP contribution in [-0.4, -0.2) is 31.3 Å². The van der Waals surface area contributed by atoms with Gasteiger partial charge in [0.25, 0.3) is 0 Å². The number of halogens is 1. The molecule has 7 heteroatoms. The summed E-state index contributed by atoms with van der Waals surface area (Å²) in [6.45, 7) is 1.72. The quantitative estimate of drug-likeness (QED) is 0.492. The third-order valence-corrected chi connectivity index (χ3v) is 3.57. The van der Waals surface area contributed by atoms with E-state index in [0.29, 0.717) is 37.1 Å². The lowest BCUT2D eigenvalue weighted by molar-refractivity contribution is 0.113. The van der Waals surface area contributed by atoms with E-state index < -0.39 is 0 Å². The Morgan fingerprint density at radius 2 is 1.96 bits per heavy atom. The molecule has 0 spiro atoms. The largest absolute Gasteiger partial charge is 0.375 e. The number of nitrogens with zero attached hydrogens (tertiary/aromatic N) is 5. The third-order valence-electron chi connectivity index (χ3n) is 3.33. The van der Waals surface area contributed by atoms with Gasteiger partial charge in [-0.2, -0.15) is 0 Å². The Kier molecular flexibility index (Phi) is 5.29. The fourth-order valence-electron chi connectivity index (χ4n) is 2.20. The van der Waals surface area contributed by atoms with Gasteiger partial charge in [-0.3, -0.25) is 0 Å². The SMILES string of the molecule is ClCc1nnc(-c2ccncn2)n1CCOCc1ccccc1. The fraction of sp³-hybridized carbons (Fsp3) is 0.250. The molecule has 0 unspecified atom stereocenters. The van der Waals surface area contributed by atoms with E-state index in [-0.39, 0.29) is 5.88 Å². The average Bonchev–Trinajstić information content (AvgIpc) is 3.03. The Morgan fingerprint density at radius 3 is 2.70 bits per heavy atom. The highest BCUT2D eigenvalue weighted by Gasteiger charge is 2.13. The fourth-order valence-corrected chi connectivity index (χ4v) is 2.40. The monoisotopic (exact) mass is 329 g/mol. The summed E-state index contributed by atoms with van der Waals surface area (Å²) >= 11 is 5.94. The average molecular weight is 330 g/mol. The number of hydrogen-bond acceptors (Lipinski definition) is 5. The number of benzene rings is 1. The van der Waals surface area contributed by atoms with E-state index in [2.05, 4.69) is 20.2 Å². The van der Waals surface area contributed by atoms with Crippen LogP contribution in [0.5, 0.6) is 0 Å². The molecule has 3 aromatic rings. The number of hydrogen-bond donors (Lipinski definition) is 0. The van der Waals surface area contributed by atoms with Gasteiger partial charge < -0.3 is 9.30 Å². The predicted molar refractivity (Wildman–Crippen MR) is 86.7 cm³/mol. The minimum absolute atomic E-state index is 0.288. The van der Waals surface area contributed by atoms with Gasteiger partial charge in [0, 0.05) is 12.7 Å². The summed E-state index contributed by atoms with van der Waals surface area (Å²) in [5.74, 6) is 1.66. The topological polar surface area (TPSA) is 65.7 Å². The maximum atomic E-state index is 5.94. The first-order valence-electron chi connectivity index (χ1n) is 7.24. The van der Waals surface area contributed by atoms with Gasteiger partial charge in [-0.25, -0.2) is 9.97 Å². The molecule has 2 heterocycles. The second kappa shape index (κ2) is 7.80. The lowest BCUT2D eigenvalue weighted by atomic mass is 10.2. The number of alkyl halides is 1. The van der Waals surface area contributed by atoms with Crippen molar-refractivity contribution in [3.05, 3.63) is 60.3 Å². The summed E-state index contributed by atoms with van der Waals surface area (Å²) in [5.41, 5.74) is 1.86. The van der Waals surface area contributed by atoms with E-state index in [0.717, 1.165) is 5.56 Å². The van der Waals surface area contributed by atoms with Crippen molar-refractivity contribution in [1.82, 2.24) is 24.7 Å². The Hall–Kier alpha value is -2.31. The molecule has 1 aromatic carbocycles. The predicted octanol–water partition coefficient (Wildman–Crippen LogP) is 2.69. The molecular weight excluding hydrogens is 314 g/mol. The Morgan fingerprint density at radius 1 is 1.09 bits per heavy atom. The molecule has 0 aliphatic carbocycles. The van der Waals surface area contributed by atoms with E-state index in [1.807, 2.05) is 34.9 Å². The summed E-state index contributed by atoms with van der Waals surface area (Å²) in [6.07, 6.45) is 3.16. The van der Waals surface area contributed by atoms with Gasteiger partial charge in [-0.1, -0.05) is 30.3 Å². The third kappa shape index (κ3) is 3.91. The van der Waals surface area contributed by atoms with Crippen molar-refractivity contribution < 1.29 is 4.74 Å². The van der Waals surface area contributed by atoms with Crippen LogP contribution >= 0.6 is 11.6 Å². The molecule has 0 aliphatic heterocycles. The maximum Gasteiger partial charge on any atom is 0.182 e. The second-order valence-corrected chi connectivity index (χ2v) is 5.13. The van der Waals surface area contributed by atoms with E-state index in [4.69, 9.17) is 16.3 Å². The molecule has 0 fully saturated rings. The first-order valence-corrected chi connectivity index (χ1v) is 7.78. The van der Waals surface area contributed by atoms with E-state index in [1.54, 1.807) is 12.3 Å². The van der Waals surface area contributed by atoms with Crippen LogP contribution in [0.2, 0.25) is 0 Å². The van der Waals surface area contributed by atoms with Gasteiger partial charge in [0.05, 0.1) is 19.1 Å². The molecule has 6 nitrogen and oxygen atoms in total. The smallest absolute Gasteiger partial charge is 0.182 e. The summed E-state index contributed by atoms with van der Waals surface area (Å²) in [7, 11) is 0. The number of rotatable bonds is 7. The minimum Gasteiger partial charge on any atom is -0.375 e. The molecule has 23 heavy (non-hydrogen) atoms. The lowest BCUT2D eigenvalue weighted by Gasteiger charge is -2.09. The highest BCUT2D eigenvalue weighted by molar-refractivity contribution is 6.16. The van der Waals surface area contributed by atoms with Gasteiger partial charge in [-0.15, -0.1) is 21.8 Å². The van der Waals surface area contributed by atoms with Crippen LogP contribution in [0.15, 0.2) is 48.9 Å². The molecule has 0 bridgehead atoms. The highest BCUT2D eigenvalue weighted by Crippen LogP contribution is 2.16. The zero-order valence-corrected chi connectivity index (χ0v) is 13.2. The van der Waals surface area contributed by atoms with Crippen molar-refractivity contribution in [2.75, 3.05) is 6.61 Å². The molecular formula is C16H16ClN5O. The van der Waals surface area contributed by atoms with Gasteiger partial charge >= 0.3 is 0 Å². The molecule has 0 N–H and O–H groups in total. The molecule has 0 saturated heterocycles. The maximum absolute atomic E-state index is 5.94. The van der Waals surface area contributed by atoms with Crippen LogP contribution in [0.4, 0.5) is 0 Å². The van der Waals surface area contributed by atoms with Crippen molar-refractivity contribution in [1.29, 1.82) is 0 Å².